The molecule has 2 rings (SSSR count). The highest BCUT2D eigenvalue weighted by molar-refractivity contribution is 7.91. The van der Waals surface area contributed by atoms with Crippen LogP contribution in [0.25, 0.3) is 0 Å². The third-order valence-electron chi connectivity index (χ3n) is 3.92. The number of sulfone groups is 1. The molecule has 19 heavy (non-hydrogen) atoms. The summed E-state index contributed by atoms with van der Waals surface area (Å²) in [6.45, 7) is 1.48. The largest absolute Gasteiger partial charge is 0.396 e. The zero-order valence-corrected chi connectivity index (χ0v) is 12.5. The van der Waals surface area contributed by atoms with Crippen LogP contribution in [0.15, 0.2) is 6.20 Å². The molecule has 1 aromatic rings. The second-order valence-electron chi connectivity index (χ2n) is 5.30. The molecule has 0 bridgehead atoms. The molecule has 0 aromatic carbocycles. The van der Waals surface area contributed by atoms with Gasteiger partial charge in [-0.15, -0.1) is 11.3 Å². The predicted octanol–water partition coefficient (Wildman–Crippen LogP) is 0.400. The minimum absolute atomic E-state index is 0.0614. The molecule has 0 radical (unpaired) electrons. The Balaban J connectivity index is 2.22. The molecule has 0 saturated carbocycles. The molecule has 108 valence electrons. The van der Waals surface area contributed by atoms with Crippen molar-refractivity contribution in [3.8, 4) is 0 Å². The van der Waals surface area contributed by atoms with E-state index in [9.17, 15) is 18.6 Å². The molecule has 2 N–H and O–H groups in total. The maximum absolute atomic E-state index is 11.6. The molecule has 0 amide bonds. The van der Waals surface area contributed by atoms with Gasteiger partial charge in [0.2, 0.25) is 0 Å². The van der Waals surface area contributed by atoms with Crippen LogP contribution in [0.4, 0.5) is 0 Å². The fourth-order valence-corrected chi connectivity index (χ4v) is 5.57. The molecule has 1 saturated heterocycles. The van der Waals surface area contributed by atoms with Crippen molar-refractivity contribution in [1.29, 1.82) is 0 Å². The summed E-state index contributed by atoms with van der Waals surface area (Å²) in [7, 11) is -3.02. The Morgan fingerprint density at radius 3 is 2.58 bits per heavy atom. The molecule has 0 aliphatic carbocycles. The van der Waals surface area contributed by atoms with Crippen LogP contribution in [-0.4, -0.2) is 48.3 Å². The van der Waals surface area contributed by atoms with Crippen LogP contribution in [0.5, 0.6) is 0 Å². The summed E-state index contributed by atoms with van der Waals surface area (Å²) in [4.78, 5) is 5.14. The lowest BCUT2D eigenvalue weighted by Gasteiger charge is -2.34. The van der Waals surface area contributed by atoms with Gasteiger partial charge in [0, 0.05) is 16.5 Å². The number of hydrogen-bond acceptors (Lipinski definition) is 6. The van der Waals surface area contributed by atoms with E-state index in [1.54, 1.807) is 6.20 Å². The van der Waals surface area contributed by atoms with Gasteiger partial charge in [-0.1, -0.05) is 0 Å². The minimum Gasteiger partial charge on any atom is -0.396 e. The summed E-state index contributed by atoms with van der Waals surface area (Å²) < 4.78 is 23.2. The summed E-state index contributed by atoms with van der Waals surface area (Å²) in [5.41, 5.74) is -0.761. The highest BCUT2D eigenvalue weighted by atomic mass is 32.2. The summed E-state index contributed by atoms with van der Waals surface area (Å²) in [5.74, 6) is 0.0300. The molecule has 1 aromatic heterocycles. The lowest BCUT2D eigenvalue weighted by atomic mass is 9.73. The Hall–Kier alpha value is -0.500. The van der Waals surface area contributed by atoms with Crippen LogP contribution in [0.1, 0.15) is 16.3 Å². The van der Waals surface area contributed by atoms with Gasteiger partial charge in [-0.05, 0) is 25.7 Å². The van der Waals surface area contributed by atoms with Gasteiger partial charge in [-0.25, -0.2) is 13.4 Å². The van der Waals surface area contributed by atoms with Gasteiger partial charge in [0.25, 0.3) is 0 Å². The number of aliphatic hydroxyl groups excluding tert-OH is 2. The molecule has 5 nitrogen and oxygen atoms in total. The molecule has 1 aliphatic heterocycles. The van der Waals surface area contributed by atoms with E-state index in [2.05, 4.69) is 4.98 Å². The number of nitrogens with zero attached hydrogens (tertiary/aromatic N) is 1. The van der Waals surface area contributed by atoms with Crippen molar-refractivity contribution in [2.75, 3.05) is 24.7 Å². The van der Waals surface area contributed by atoms with Crippen molar-refractivity contribution in [3.63, 3.8) is 0 Å². The first-order valence-electron chi connectivity index (χ1n) is 6.24. The van der Waals surface area contributed by atoms with Gasteiger partial charge in [0.05, 0.1) is 29.7 Å². The van der Waals surface area contributed by atoms with Gasteiger partial charge >= 0.3 is 0 Å². The Bertz CT molecular complexity index is 534. The third kappa shape index (κ3) is 3.16. The van der Waals surface area contributed by atoms with E-state index >= 15 is 0 Å². The van der Waals surface area contributed by atoms with Gasteiger partial charge in [0.15, 0.2) is 9.84 Å². The van der Waals surface area contributed by atoms with E-state index in [1.165, 1.54) is 11.3 Å². The van der Waals surface area contributed by atoms with Gasteiger partial charge < -0.3 is 10.2 Å². The highest BCUT2D eigenvalue weighted by Gasteiger charge is 2.44. The quantitative estimate of drug-likeness (QED) is 0.822. The SMILES string of the molecule is Cc1ncc(CC(CO)(CO)C2CCS(=O)(=O)C2)s1. The number of aryl methyl sites for hydroxylation is 1. The third-order valence-corrected chi connectivity index (χ3v) is 6.60. The Kier molecular flexibility index (Phi) is 4.29. The molecule has 1 fully saturated rings. The van der Waals surface area contributed by atoms with Crippen molar-refractivity contribution in [1.82, 2.24) is 4.98 Å². The minimum atomic E-state index is -3.02. The van der Waals surface area contributed by atoms with Crippen molar-refractivity contribution >= 4 is 21.2 Å². The van der Waals surface area contributed by atoms with Gasteiger partial charge in [0.1, 0.15) is 0 Å². The number of thiazole rings is 1. The van der Waals surface area contributed by atoms with E-state index in [-0.39, 0.29) is 30.6 Å². The summed E-state index contributed by atoms with van der Waals surface area (Å²) in [6, 6.07) is 0. The van der Waals surface area contributed by atoms with Crippen molar-refractivity contribution in [2.24, 2.45) is 11.3 Å². The van der Waals surface area contributed by atoms with Crippen molar-refractivity contribution in [3.05, 3.63) is 16.1 Å². The number of aromatic nitrogens is 1. The highest BCUT2D eigenvalue weighted by Crippen LogP contribution is 2.39. The van der Waals surface area contributed by atoms with Crippen LogP contribution in [-0.2, 0) is 16.3 Å². The fraction of sp³-hybridized carbons (Fsp3) is 0.750. The van der Waals surface area contributed by atoms with E-state index in [0.717, 1.165) is 9.88 Å². The first-order valence-corrected chi connectivity index (χ1v) is 8.88. The maximum atomic E-state index is 11.6. The second kappa shape index (κ2) is 5.47. The summed E-state index contributed by atoms with van der Waals surface area (Å²) in [6.07, 6.45) is 2.73. The Labute approximate surface area is 117 Å². The van der Waals surface area contributed by atoms with Crippen molar-refractivity contribution < 1.29 is 18.6 Å². The lowest BCUT2D eigenvalue weighted by Crippen LogP contribution is -2.40. The molecule has 1 unspecified atom stereocenters. The predicted molar refractivity (Wildman–Crippen MR) is 73.9 cm³/mol. The molecule has 7 heteroatoms. The van der Waals surface area contributed by atoms with E-state index in [0.29, 0.717) is 12.8 Å². The van der Waals surface area contributed by atoms with Gasteiger partial charge in [-0.2, -0.15) is 0 Å². The zero-order valence-electron chi connectivity index (χ0n) is 10.9. The molecule has 0 spiro atoms. The number of aliphatic hydroxyl groups is 2. The smallest absolute Gasteiger partial charge is 0.150 e. The second-order valence-corrected chi connectivity index (χ2v) is 8.85. The number of hydrogen-bond donors (Lipinski definition) is 2. The van der Waals surface area contributed by atoms with E-state index < -0.39 is 15.3 Å². The van der Waals surface area contributed by atoms with Crippen LogP contribution < -0.4 is 0 Å². The maximum Gasteiger partial charge on any atom is 0.150 e. The van der Waals surface area contributed by atoms with Crippen LogP contribution in [0.2, 0.25) is 0 Å². The van der Waals surface area contributed by atoms with Crippen LogP contribution in [0, 0.1) is 18.3 Å². The average molecular weight is 305 g/mol. The van der Waals surface area contributed by atoms with Crippen molar-refractivity contribution in [2.45, 2.75) is 19.8 Å². The Morgan fingerprint density at radius 2 is 2.16 bits per heavy atom. The van der Waals surface area contributed by atoms with Gasteiger partial charge in [-0.3, -0.25) is 0 Å². The molecule has 2 heterocycles. The normalized spacial score (nSPS) is 22.8. The van der Waals surface area contributed by atoms with E-state index in [1.807, 2.05) is 6.92 Å². The summed E-state index contributed by atoms with van der Waals surface area (Å²) in [5, 5.41) is 20.3. The monoisotopic (exact) mass is 305 g/mol. The van der Waals surface area contributed by atoms with Crippen LogP contribution in [0.3, 0.4) is 0 Å². The summed E-state index contributed by atoms with van der Waals surface area (Å²) >= 11 is 1.52. The average Bonchev–Trinajstić information content (AvgIpc) is 2.92. The topological polar surface area (TPSA) is 87.5 Å². The Morgan fingerprint density at radius 1 is 1.47 bits per heavy atom. The lowest BCUT2D eigenvalue weighted by molar-refractivity contribution is 0.0130. The molecular weight excluding hydrogens is 286 g/mol. The first-order chi connectivity index (χ1) is 8.91. The molecule has 1 aliphatic rings. The zero-order chi connectivity index (χ0) is 14.1. The fourth-order valence-electron chi connectivity index (χ4n) is 2.68. The standard InChI is InChI=1S/C12H19NO4S2/c1-9-13-5-11(18-9)4-12(7-14,8-15)10-2-3-19(16,17)6-10/h5,10,14-15H,2-4,6-8H2,1H3. The molecule has 1 atom stereocenters. The first kappa shape index (κ1) is 14.9. The van der Waals surface area contributed by atoms with Crippen LogP contribution >= 0.6 is 11.3 Å². The number of rotatable bonds is 5. The van der Waals surface area contributed by atoms with E-state index in [4.69, 9.17) is 0 Å². The molecular formula is C12H19NO4S2.